The minimum atomic E-state index is -0.438. The molecule has 2 nitrogen and oxygen atoms in total. The molecule has 0 heterocycles. The maximum Gasteiger partial charge on any atom is 0.0864 e. The molecule has 1 atom stereocenters. The van der Waals surface area contributed by atoms with Gasteiger partial charge in [0.1, 0.15) is 0 Å². The van der Waals surface area contributed by atoms with Gasteiger partial charge >= 0.3 is 0 Å². The van der Waals surface area contributed by atoms with E-state index in [9.17, 15) is 0 Å². The topological polar surface area (TPSA) is 29.5 Å². The van der Waals surface area contributed by atoms with Crippen LogP contribution in [0.15, 0.2) is 11.6 Å². The van der Waals surface area contributed by atoms with E-state index in [2.05, 4.69) is 26.8 Å². The van der Waals surface area contributed by atoms with E-state index in [0.717, 1.165) is 12.8 Å². The van der Waals surface area contributed by atoms with Gasteiger partial charge < -0.3 is 9.84 Å². The van der Waals surface area contributed by atoms with Gasteiger partial charge in [0.15, 0.2) is 0 Å². The first-order valence-corrected chi connectivity index (χ1v) is 5.73. The van der Waals surface area contributed by atoms with Gasteiger partial charge in [0, 0.05) is 0 Å². The second-order valence-electron chi connectivity index (χ2n) is 6.00. The van der Waals surface area contributed by atoms with Gasteiger partial charge in [-0.3, -0.25) is 0 Å². The minimum Gasteiger partial charge on any atom is -0.393 e. The summed E-state index contributed by atoms with van der Waals surface area (Å²) in [5.74, 6) is 0. The Balaban J connectivity index is 2.53. The summed E-state index contributed by atoms with van der Waals surface area (Å²) in [4.78, 5) is 0. The number of allylic oxidation sites excluding steroid dienone is 1. The van der Waals surface area contributed by atoms with Crippen molar-refractivity contribution in [2.75, 3.05) is 6.61 Å². The molecular weight excluding hydrogens is 188 g/mol. The van der Waals surface area contributed by atoms with Crippen molar-refractivity contribution >= 4 is 0 Å². The van der Waals surface area contributed by atoms with Crippen molar-refractivity contribution in [1.29, 1.82) is 0 Å². The molecule has 1 unspecified atom stereocenters. The smallest absolute Gasteiger partial charge is 0.0864 e. The third-order valence-electron chi connectivity index (χ3n) is 3.00. The Hall–Kier alpha value is -0.340. The van der Waals surface area contributed by atoms with Crippen molar-refractivity contribution in [3.63, 3.8) is 0 Å². The number of aliphatic hydroxyl groups excluding tert-OH is 1. The number of rotatable bonds is 4. The summed E-state index contributed by atoms with van der Waals surface area (Å²) < 4.78 is 5.85. The average Bonchev–Trinajstić information content (AvgIpc) is 2.45. The molecule has 1 N–H and O–H groups in total. The highest BCUT2D eigenvalue weighted by atomic mass is 16.5. The molecule has 0 aromatic carbocycles. The predicted molar refractivity (Wildman–Crippen MR) is 62.8 cm³/mol. The van der Waals surface area contributed by atoms with Crippen molar-refractivity contribution in [1.82, 2.24) is 0 Å². The molecule has 0 aromatic rings. The fourth-order valence-electron chi connectivity index (χ4n) is 2.01. The van der Waals surface area contributed by atoms with Crippen LogP contribution in [0.4, 0.5) is 0 Å². The second kappa shape index (κ2) is 4.26. The Labute approximate surface area is 93.3 Å². The van der Waals surface area contributed by atoms with Gasteiger partial charge in [-0.15, -0.1) is 0 Å². The molecule has 1 aliphatic rings. The molecule has 0 aliphatic heterocycles. The van der Waals surface area contributed by atoms with Gasteiger partial charge in [-0.1, -0.05) is 19.9 Å². The maximum atomic E-state index is 9.14. The molecule has 1 aliphatic carbocycles. The highest BCUT2D eigenvalue weighted by Crippen LogP contribution is 2.38. The predicted octanol–water partition coefficient (Wildman–Crippen LogP) is 2.91. The fourth-order valence-corrected chi connectivity index (χ4v) is 2.01. The third-order valence-corrected chi connectivity index (χ3v) is 3.00. The van der Waals surface area contributed by atoms with Gasteiger partial charge in [-0.25, -0.2) is 0 Å². The van der Waals surface area contributed by atoms with Crippen molar-refractivity contribution in [3.8, 4) is 0 Å². The Kier molecular flexibility index (Phi) is 3.62. The van der Waals surface area contributed by atoms with E-state index in [4.69, 9.17) is 9.84 Å². The van der Waals surface area contributed by atoms with E-state index in [1.165, 1.54) is 5.57 Å². The molecule has 0 amide bonds. The van der Waals surface area contributed by atoms with Crippen LogP contribution in [-0.4, -0.2) is 23.4 Å². The molecule has 0 spiro atoms. The van der Waals surface area contributed by atoms with Crippen LogP contribution >= 0.6 is 0 Å². The van der Waals surface area contributed by atoms with Crippen LogP contribution < -0.4 is 0 Å². The first kappa shape index (κ1) is 12.7. The number of ether oxygens (including phenoxy) is 1. The Morgan fingerprint density at radius 2 is 2.13 bits per heavy atom. The van der Waals surface area contributed by atoms with Crippen molar-refractivity contribution in [2.45, 2.75) is 59.2 Å². The number of aliphatic hydroxyl groups is 1. The quantitative estimate of drug-likeness (QED) is 0.726. The molecule has 0 radical (unpaired) electrons. The lowest BCUT2D eigenvalue weighted by atomic mass is 9.89. The zero-order valence-electron chi connectivity index (χ0n) is 10.6. The molecule has 88 valence electrons. The summed E-state index contributed by atoms with van der Waals surface area (Å²) >= 11 is 0. The molecule has 0 bridgehead atoms. The molecule has 0 saturated heterocycles. The molecule has 15 heavy (non-hydrogen) atoms. The SMILES string of the molecule is CC(OC(C)(C)CO)C1=CCC(C)(C)C1. The van der Waals surface area contributed by atoms with Gasteiger partial charge in [0.05, 0.1) is 18.3 Å². The Morgan fingerprint density at radius 1 is 1.53 bits per heavy atom. The van der Waals surface area contributed by atoms with Crippen LogP contribution in [0, 0.1) is 5.41 Å². The minimum absolute atomic E-state index is 0.0635. The number of hydrogen-bond acceptors (Lipinski definition) is 2. The van der Waals surface area contributed by atoms with Crippen LogP contribution in [0.5, 0.6) is 0 Å². The summed E-state index contributed by atoms with van der Waals surface area (Å²) in [6, 6.07) is 0. The zero-order chi connectivity index (χ0) is 11.7. The maximum absolute atomic E-state index is 9.14. The van der Waals surface area contributed by atoms with E-state index >= 15 is 0 Å². The fraction of sp³-hybridized carbons (Fsp3) is 0.846. The second-order valence-corrected chi connectivity index (χ2v) is 6.00. The number of hydrogen-bond donors (Lipinski definition) is 1. The Morgan fingerprint density at radius 3 is 2.53 bits per heavy atom. The van der Waals surface area contributed by atoms with Crippen molar-refractivity contribution < 1.29 is 9.84 Å². The largest absolute Gasteiger partial charge is 0.393 e. The van der Waals surface area contributed by atoms with E-state index in [0.29, 0.717) is 5.41 Å². The van der Waals surface area contributed by atoms with Gasteiger partial charge in [0.25, 0.3) is 0 Å². The normalized spacial score (nSPS) is 22.7. The van der Waals surface area contributed by atoms with Crippen LogP contribution in [-0.2, 0) is 4.74 Å². The lowest BCUT2D eigenvalue weighted by Gasteiger charge is -2.29. The first-order valence-electron chi connectivity index (χ1n) is 5.73. The van der Waals surface area contributed by atoms with Crippen LogP contribution in [0.3, 0.4) is 0 Å². The Bertz CT molecular complexity index is 251. The van der Waals surface area contributed by atoms with Crippen LogP contribution in [0.2, 0.25) is 0 Å². The van der Waals surface area contributed by atoms with Crippen molar-refractivity contribution in [3.05, 3.63) is 11.6 Å². The van der Waals surface area contributed by atoms with E-state index in [1.54, 1.807) is 0 Å². The summed E-state index contributed by atoms with van der Waals surface area (Å²) in [5.41, 5.74) is 1.32. The molecule has 0 saturated carbocycles. The molecule has 0 aromatic heterocycles. The van der Waals surface area contributed by atoms with Gasteiger partial charge in [-0.05, 0) is 44.6 Å². The van der Waals surface area contributed by atoms with Gasteiger partial charge in [-0.2, -0.15) is 0 Å². The highest BCUT2D eigenvalue weighted by molar-refractivity contribution is 5.17. The van der Waals surface area contributed by atoms with Crippen LogP contribution in [0.25, 0.3) is 0 Å². The first-order chi connectivity index (χ1) is 6.76. The highest BCUT2D eigenvalue weighted by Gasteiger charge is 2.30. The summed E-state index contributed by atoms with van der Waals surface area (Å²) in [7, 11) is 0. The van der Waals surface area contributed by atoms with Crippen molar-refractivity contribution in [2.24, 2.45) is 5.41 Å². The van der Waals surface area contributed by atoms with E-state index in [1.807, 2.05) is 13.8 Å². The summed E-state index contributed by atoms with van der Waals surface area (Å²) in [6.45, 7) is 10.5. The lowest BCUT2D eigenvalue weighted by Crippen LogP contribution is -2.33. The molecular formula is C13H24O2. The molecule has 1 rings (SSSR count). The van der Waals surface area contributed by atoms with E-state index < -0.39 is 5.60 Å². The standard InChI is InChI=1S/C13H24O2/c1-10(15-13(4,5)9-14)11-6-7-12(2,3)8-11/h6,10,14H,7-9H2,1-5H3. The lowest BCUT2D eigenvalue weighted by molar-refractivity contribution is -0.0793. The van der Waals surface area contributed by atoms with Crippen LogP contribution in [0.1, 0.15) is 47.5 Å². The zero-order valence-corrected chi connectivity index (χ0v) is 10.6. The van der Waals surface area contributed by atoms with Gasteiger partial charge in [0.2, 0.25) is 0 Å². The van der Waals surface area contributed by atoms with E-state index in [-0.39, 0.29) is 12.7 Å². The summed E-state index contributed by atoms with van der Waals surface area (Å²) in [6.07, 6.45) is 4.65. The molecule has 2 heteroatoms. The monoisotopic (exact) mass is 212 g/mol. The average molecular weight is 212 g/mol. The molecule has 0 fully saturated rings. The third kappa shape index (κ3) is 3.62. The summed E-state index contributed by atoms with van der Waals surface area (Å²) in [5, 5.41) is 9.14.